The lowest BCUT2D eigenvalue weighted by Gasteiger charge is -2.02. The van der Waals surface area contributed by atoms with E-state index in [1.165, 1.54) is 4.80 Å². The zero-order valence-electron chi connectivity index (χ0n) is 11.6. The number of tetrazole rings is 1. The van der Waals surface area contributed by atoms with Crippen molar-refractivity contribution in [1.29, 1.82) is 0 Å². The first-order valence-corrected chi connectivity index (χ1v) is 6.64. The lowest BCUT2D eigenvalue weighted by atomic mass is 10.2. The Bertz CT molecular complexity index is 765. The molecule has 0 saturated carbocycles. The van der Waals surface area contributed by atoms with Gasteiger partial charge < -0.3 is 15.5 Å². The van der Waals surface area contributed by atoms with Gasteiger partial charge in [-0.05, 0) is 29.5 Å². The van der Waals surface area contributed by atoms with Crippen LogP contribution in [0.4, 0.5) is 5.69 Å². The molecule has 1 amide bonds. The van der Waals surface area contributed by atoms with E-state index in [0.29, 0.717) is 29.4 Å². The smallest absolute Gasteiger partial charge is 0.244 e. The van der Waals surface area contributed by atoms with Crippen molar-refractivity contribution in [3.63, 3.8) is 0 Å². The van der Waals surface area contributed by atoms with Crippen LogP contribution in [0.3, 0.4) is 0 Å². The van der Waals surface area contributed by atoms with Crippen LogP contribution in [-0.4, -0.2) is 26.1 Å². The van der Waals surface area contributed by atoms with Crippen molar-refractivity contribution >= 4 is 11.6 Å². The summed E-state index contributed by atoms with van der Waals surface area (Å²) < 4.78 is 5.13. The Hall–Kier alpha value is -3.16. The first kappa shape index (κ1) is 13.8. The van der Waals surface area contributed by atoms with E-state index in [0.717, 1.165) is 0 Å². The van der Waals surface area contributed by atoms with Crippen LogP contribution in [0.15, 0.2) is 47.1 Å². The van der Waals surface area contributed by atoms with Gasteiger partial charge in [0.25, 0.3) is 0 Å². The lowest BCUT2D eigenvalue weighted by molar-refractivity contribution is -0.122. The van der Waals surface area contributed by atoms with Crippen molar-refractivity contribution in [2.45, 2.75) is 13.1 Å². The van der Waals surface area contributed by atoms with E-state index in [2.05, 4.69) is 20.7 Å². The first-order chi connectivity index (χ1) is 10.7. The van der Waals surface area contributed by atoms with Crippen molar-refractivity contribution in [2.75, 3.05) is 5.73 Å². The quantitative estimate of drug-likeness (QED) is 0.675. The molecular formula is C14H14N6O2. The fourth-order valence-corrected chi connectivity index (χ4v) is 1.90. The molecule has 0 spiro atoms. The molecule has 0 aliphatic heterocycles. The lowest BCUT2D eigenvalue weighted by Crippen LogP contribution is -2.27. The third-order valence-electron chi connectivity index (χ3n) is 2.98. The summed E-state index contributed by atoms with van der Waals surface area (Å²) in [7, 11) is 0. The summed E-state index contributed by atoms with van der Waals surface area (Å²) in [6, 6.07) is 10.8. The maximum atomic E-state index is 11.8. The molecule has 22 heavy (non-hydrogen) atoms. The van der Waals surface area contributed by atoms with Crippen molar-refractivity contribution < 1.29 is 9.21 Å². The number of anilines is 1. The molecule has 112 valence electrons. The van der Waals surface area contributed by atoms with Crippen LogP contribution >= 0.6 is 0 Å². The third-order valence-corrected chi connectivity index (χ3v) is 2.98. The summed E-state index contributed by atoms with van der Waals surface area (Å²) >= 11 is 0. The average Bonchev–Trinajstić information content (AvgIpc) is 3.17. The maximum Gasteiger partial charge on any atom is 0.244 e. The number of para-hydroxylation sites is 1. The summed E-state index contributed by atoms with van der Waals surface area (Å²) in [6.07, 6.45) is 1.55. The number of nitrogen functional groups attached to an aromatic ring is 1. The molecule has 3 aromatic rings. The number of furan rings is 1. The Morgan fingerprint density at radius 2 is 2.14 bits per heavy atom. The van der Waals surface area contributed by atoms with Crippen molar-refractivity contribution in [1.82, 2.24) is 25.5 Å². The van der Waals surface area contributed by atoms with Gasteiger partial charge in [-0.25, -0.2) is 0 Å². The van der Waals surface area contributed by atoms with Crippen LogP contribution < -0.4 is 11.1 Å². The van der Waals surface area contributed by atoms with Crippen molar-refractivity contribution in [2.24, 2.45) is 0 Å². The van der Waals surface area contributed by atoms with Gasteiger partial charge in [-0.1, -0.05) is 12.1 Å². The van der Waals surface area contributed by atoms with Crippen LogP contribution in [0.25, 0.3) is 11.4 Å². The Kier molecular flexibility index (Phi) is 3.82. The van der Waals surface area contributed by atoms with Crippen LogP contribution in [0.2, 0.25) is 0 Å². The van der Waals surface area contributed by atoms with Gasteiger partial charge in [0.1, 0.15) is 12.3 Å². The molecule has 0 aliphatic rings. The SMILES string of the molecule is Nc1ccccc1-c1nnn(CC(=O)NCc2ccco2)n1. The van der Waals surface area contributed by atoms with E-state index in [1.807, 2.05) is 12.1 Å². The van der Waals surface area contributed by atoms with E-state index in [1.54, 1.807) is 30.5 Å². The van der Waals surface area contributed by atoms with E-state index in [9.17, 15) is 4.79 Å². The van der Waals surface area contributed by atoms with Gasteiger partial charge in [0.05, 0.1) is 12.8 Å². The number of benzene rings is 1. The summed E-state index contributed by atoms with van der Waals surface area (Å²) in [5, 5.41) is 14.6. The number of nitrogens with one attached hydrogen (secondary N) is 1. The molecule has 2 heterocycles. The van der Waals surface area contributed by atoms with Gasteiger partial charge in [0.15, 0.2) is 0 Å². The van der Waals surface area contributed by atoms with E-state index in [-0.39, 0.29) is 12.5 Å². The Morgan fingerprint density at radius 3 is 2.91 bits per heavy atom. The molecule has 0 bridgehead atoms. The molecule has 0 aliphatic carbocycles. The molecule has 3 rings (SSSR count). The zero-order valence-corrected chi connectivity index (χ0v) is 11.6. The molecule has 8 heteroatoms. The summed E-state index contributed by atoms with van der Waals surface area (Å²) in [4.78, 5) is 13.0. The van der Waals surface area contributed by atoms with Gasteiger partial charge in [-0.2, -0.15) is 4.80 Å². The average molecular weight is 298 g/mol. The number of carbonyl (C=O) groups excluding carboxylic acids is 1. The number of rotatable bonds is 5. The van der Waals surface area contributed by atoms with Gasteiger partial charge in [-0.15, -0.1) is 10.2 Å². The molecule has 1 aromatic carbocycles. The topological polar surface area (TPSA) is 112 Å². The predicted molar refractivity (Wildman–Crippen MR) is 78.2 cm³/mol. The largest absolute Gasteiger partial charge is 0.467 e. The highest BCUT2D eigenvalue weighted by Crippen LogP contribution is 2.20. The molecular weight excluding hydrogens is 284 g/mol. The Labute approximate surface area is 125 Å². The van der Waals surface area contributed by atoms with Gasteiger partial charge in [-0.3, -0.25) is 4.79 Å². The highest BCUT2D eigenvalue weighted by atomic mass is 16.3. The minimum atomic E-state index is -0.235. The number of hydrogen-bond donors (Lipinski definition) is 2. The van der Waals surface area contributed by atoms with E-state index < -0.39 is 0 Å². The highest BCUT2D eigenvalue weighted by molar-refractivity contribution is 5.75. The second kappa shape index (κ2) is 6.08. The number of carbonyl (C=O) groups is 1. The monoisotopic (exact) mass is 298 g/mol. The standard InChI is InChI=1S/C14H14N6O2/c15-12-6-2-1-5-11(12)14-17-19-20(18-14)9-13(21)16-8-10-4-3-7-22-10/h1-7H,8-9,15H2,(H,16,21). The molecule has 0 atom stereocenters. The van der Waals surface area contributed by atoms with Crippen LogP contribution in [0, 0.1) is 0 Å². The molecule has 0 fully saturated rings. The predicted octanol–water partition coefficient (Wildman–Crippen LogP) is 0.832. The third kappa shape index (κ3) is 3.11. The highest BCUT2D eigenvalue weighted by Gasteiger charge is 2.11. The van der Waals surface area contributed by atoms with Gasteiger partial charge in [0, 0.05) is 11.3 Å². The molecule has 2 aromatic heterocycles. The Morgan fingerprint density at radius 1 is 1.27 bits per heavy atom. The summed E-state index contributed by atoms with van der Waals surface area (Å²) in [6.45, 7) is 0.291. The number of nitrogens with two attached hydrogens (primary N) is 1. The summed E-state index contributed by atoms with van der Waals surface area (Å²) in [5.74, 6) is 0.830. The molecule has 8 nitrogen and oxygen atoms in total. The molecule has 0 saturated heterocycles. The molecule has 0 radical (unpaired) electrons. The van der Waals surface area contributed by atoms with Gasteiger partial charge in [0.2, 0.25) is 11.7 Å². The first-order valence-electron chi connectivity index (χ1n) is 6.64. The minimum Gasteiger partial charge on any atom is -0.467 e. The number of hydrogen-bond acceptors (Lipinski definition) is 6. The maximum absolute atomic E-state index is 11.8. The van der Waals surface area contributed by atoms with Crippen molar-refractivity contribution in [3.8, 4) is 11.4 Å². The second-order valence-corrected chi connectivity index (χ2v) is 4.59. The number of nitrogens with zero attached hydrogens (tertiary/aromatic N) is 4. The summed E-state index contributed by atoms with van der Waals surface area (Å²) in [5.41, 5.74) is 7.10. The fourth-order valence-electron chi connectivity index (χ4n) is 1.90. The minimum absolute atomic E-state index is 0.0273. The van der Waals surface area contributed by atoms with Gasteiger partial charge >= 0.3 is 0 Å². The van der Waals surface area contributed by atoms with Crippen LogP contribution in [0.5, 0.6) is 0 Å². The fraction of sp³-hybridized carbons (Fsp3) is 0.143. The van der Waals surface area contributed by atoms with Crippen molar-refractivity contribution in [3.05, 3.63) is 48.4 Å². The van der Waals surface area contributed by atoms with E-state index >= 15 is 0 Å². The molecule has 0 unspecified atom stereocenters. The van der Waals surface area contributed by atoms with E-state index in [4.69, 9.17) is 10.2 Å². The van der Waals surface area contributed by atoms with Crippen LogP contribution in [0.1, 0.15) is 5.76 Å². The number of aromatic nitrogens is 4. The zero-order chi connectivity index (χ0) is 15.4. The number of amides is 1. The second-order valence-electron chi connectivity index (χ2n) is 4.59. The molecule has 3 N–H and O–H groups in total. The Balaban J connectivity index is 1.62. The van der Waals surface area contributed by atoms with Crippen LogP contribution in [-0.2, 0) is 17.9 Å². The normalized spacial score (nSPS) is 10.5.